The van der Waals surface area contributed by atoms with Crippen molar-refractivity contribution in [2.24, 2.45) is 4.99 Å². The molecule has 0 radical (unpaired) electrons. The number of hydrogen-bond donors (Lipinski definition) is 0. The van der Waals surface area contributed by atoms with Crippen LogP contribution in [-0.2, 0) is 9.53 Å². The van der Waals surface area contributed by atoms with E-state index in [2.05, 4.69) is 4.99 Å². The van der Waals surface area contributed by atoms with Gasteiger partial charge in [-0.2, -0.15) is 0 Å². The molecule has 0 saturated carbocycles. The highest BCUT2D eigenvalue weighted by Gasteiger charge is 2.33. The van der Waals surface area contributed by atoms with Crippen molar-refractivity contribution in [3.63, 3.8) is 0 Å². The van der Waals surface area contributed by atoms with E-state index in [1.54, 1.807) is 12.1 Å². The number of methoxy groups -OCH3 is 1. The molecule has 0 unspecified atom stereocenters. The highest BCUT2D eigenvalue weighted by Crippen LogP contribution is 2.24. The number of nitro groups is 1. The van der Waals surface area contributed by atoms with Crippen molar-refractivity contribution in [2.75, 3.05) is 13.7 Å². The zero-order chi connectivity index (χ0) is 18.2. The minimum Gasteiger partial charge on any atom is -0.467 e. The third-order valence-electron chi connectivity index (χ3n) is 3.65. The molecule has 2 aromatic rings. The molecule has 0 saturated heterocycles. The molecule has 0 bridgehead atoms. The zero-order valence-corrected chi connectivity index (χ0v) is 13.5. The van der Waals surface area contributed by atoms with Crippen LogP contribution >= 0.6 is 0 Å². The van der Waals surface area contributed by atoms with E-state index in [0.29, 0.717) is 5.56 Å². The first kappa shape index (κ1) is 18.3. The van der Waals surface area contributed by atoms with E-state index in [1.807, 2.05) is 18.2 Å². The van der Waals surface area contributed by atoms with Crippen LogP contribution in [-0.4, -0.2) is 36.8 Å². The first-order valence-electron chi connectivity index (χ1n) is 7.54. The maximum Gasteiger partial charge on any atom is 0.331 e. The van der Waals surface area contributed by atoms with Crippen molar-refractivity contribution >= 4 is 12.2 Å². The van der Waals surface area contributed by atoms with Crippen molar-refractivity contribution in [3.8, 4) is 0 Å². The van der Waals surface area contributed by atoms with Gasteiger partial charge in [0.1, 0.15) is 5.82 Å². The lowest BCUT2D eigenvalue weighted by Gasteiger charge is -2.19. The van der Waals surface area contributed by atoms with Gasteiger partial charge in [-0.1, -0.05) is 42.5 Å². The second-order valence-electron chi connectivity index (χ2n) is 5.33. The molecule has 0 aliphatic carbocycles. The van der Waals surface area contributed by atoms with Gasteiger partial charge in [0.25, 0.3) is 0 Å². The quantitative estimate of drug-likeness (QED) is 0.335. The van der Waals surface area contributed by atoms with Crippen molar-refractivity contribution in [1.82, 2.24) is 0 Å². The lowest BCUT2D eigenvalue weighted by molar-refractivity contribution is -0.483. The molecule has 0 amide bonds. The highest BCUT2D eigenvalue weighted by molar-refractivity contribution is 5.84. The maximum atomic E-state index is 13.2. The van der Waals surface area contributed by atoms with E-state index in [4.69, 9.17) is 4.74 Å². The van der Waals surface area contributed by atoms with Gasteiger partial charge in [-0.15, -0.1) is 0 Å². The summed E-state index contributed by atoms with van der Waals surface area (Å²) in [7, 11) is 1.20. The van der Waals surface area contributed by atoms with Gasteiger partial charge in [-0.3, -0.25) is 15.1 Å². The Bertz CT molecular complexity index is 747. The number of nitrogens with zero attached hydrogens (tertiary/aromatic N) is 2. The Hall–Kier alpha value is -3.09. The predicted molar refractivity (Wildman–Crippen MR) is 90.8 cm³/mol. The van der Waals surface area contributed by atoms with E-state index in [0.717, 1.165) is 5.56 Å². The summed E-state index contributed by atoms with van der Waals surface area (Å²) in [6.07, 6.45) is 1.47. The molecule has 130 valence electrons. The molecule has 0 aliphatic heterocycles. The van der Waals surface area contributed by atoms with Crippen LogP contribution in [0.2, 0.25) is 0 Å². The molecule has 0 N–H and O–H groups in total. The SMILES string of the molecule is COC(=O)[C@H](N=Cc1ccccc1)[C@H](C[N+](=O)[O-])c1ccc(F)cc1. The Balaban J connectivity index is 2.38. The summed E-state index contributed by atoms with van der Waals surface area (Å²) in [6, 6.07) is 13.1. The Morgan fingerprint density at radius 3 is 2.44 bits per heavy atom. The molecule has 2 aromatic carbocycles. The fourth-order valence-corrected chi connectivity index (χ4v) is 2.41. The molecular formula is C18H17FN2O4. The van der Waals surface area contributed by atoms with Gasteiger partial charge in [-0.25, -0.2) is 9.18 Å². The minimum atomic E-state index is -1.11. The fourth-order valence-electron chi connectivity index (χ4n) is 2.41. The Morgan fingerprint density at radius 1 is 1.24 bits per heavy atom. The largest absolute Gasteiger partial charge is 0.467 e. The molecular weight excluding hydrogens is 327 g/mol. The molecule has 0 fully saturated rings. The van der Waals surface area contributed by atoms with Crippen LogP contribution in [0.15, 0.2) is 59.6 Å². The van der Waals surface area contributed by atoms with Crippen LogP contribution in [0, 0.1) is 15.9 Å². The van der Waals surface area contributed by atoms with Crippen LogP contribution in [0.3, 0.4) is 0 Å². The van der Waals surface area contributed by atoms with Gasteiger partial charge in [0.2, 0.25) is 6.54 Å². The fraction of sp³-hybridized carbons (Fsp3) is 0.222. The number of hydrogen-bond acceptors (Lipinski definition) is 5. The van der Waals surface area contributed by atoms with E-state index >= 15 is 0 Å². The molecule has 2 rings (SSSR count). The minimum absolute atomic E-state index is 0.443. The summed E-state index contributed by atoms with van der Waals surface area (Å²) < 4.78 is 17.9. The van der Waals surface area contributed by atoms with E-state index in [1.165, 1.54) is 37.6 Å². The number of benzene rings is 2. The average molecular weight is 344 g/mol. The first-order chi connectivity index (χ1) is 12.0. The van der Waals surface area contributed by atoms with Gasteiger partial charge in [-0.05, 0) is 23.3 Å². The Kier molecular flexibility index (Phi) is 6.33. The summed E-state index contributed by atoms with van der Waals surface area (Å²) in [5.41, 5.74) is 1.19. The Labute approximate surface area is 144 Å². The number of rotatable bonds is 7. The van der Waals surface area contributed by atoms with Crippen LogP contribution in [0.4, 0.5) is 4.39 Å². The zero-order valence-electron chi connectivity index (χ0n) is 13.5. The molecule has 7 heteroatoms. The summed E-state index contributed by atoms with van der Waals surface area (Å²) in [5.74, 6) is -2.03. The van der Waals surface area contributed by atoms with Crippen molar-refractivity contribution in [3.05, 3.63) is 81.7 Å². The summed E-state index contributed by atoms with van der Waals surface area (Å²) >= 11 is 0. The van der Waals surface area contributed by atoms with Crippen LogP contribution < -0.4 is 0 Å². The molecule has 0 aliphatic rings. The third kappa shape index (κ3) is 5.20. The number of ether oxygens (including phenoxy) is 1. The van der Waals surface area contributed by atoms with E-state index in [-0.39, 0.29) is 0 Å². The number of carbonyl (C=O) groups excluding carboxylic acids is 1. The first-order valence-corrected chi connectivity index (χ1v) is 7.54. The maximum absolute atomic E-state index is 13.2. The average Bonchev–Trinajstić information content (AvgIpc) is 2.62. The lowest BCUT2D eigenvalue weighted by atomic mass is 9.91. The summed E-state index contributed by atoms with van der Waals surface area (Å²) in [6.45, 7) is -0.530. The molecule has 25 heavy (non-hydrogen) atoms. The monoisotopic (exact) mass is 344 g/mol. The predicted octanol–water partition coefficient (Wildman–Crippen LogP) is 2.85. The van der Waals surface area contributed by atoms with Crippen LogP contribution in [0.25, 0.3) is 0 Å². The standard InChI is InChI=1S/C18H17FN2O4/c1-25-18(22)17(20-11-13-5-3-2-4-6-13)16(12-21(23)24)14-7-9-15(19)10-8-14/h2-11,16-17H,12H2,1H3/t16-,17-/m1/s1. The Morgan fingerprint density at radius 2 is 1.88 bits per heavy atom. The van der Waals surface area contributed by atoms with Gasteiger partial charge in [0.05, 0.1) is 13.0 Å². The number of esters is 1. The van der Waals surface area contributed by atoms with E-state index < -0.39 is 35.2 Å². The van der Waals surface area contributed by atoms with Gasteiger partial charge >= 0.3 is 5.97 Å². The highest BCUT2D eigenvalue weighted by atomic mass is 19.1. The number of carbonyl (C=O) groups is 1. The normalized spacial score (nSPS) is 13.4. The molecule has 2 atom stereocenters. The number of aliphatic imine (C=N–C) groups is 1. The summed E-state index contributed by atoms with van der Waals surface area (Å²) in [4.78, 5) is 26.9. The number of halogens is 1. The van der Waals surface area contributed by atoms with Gasteiger partial charge < -0.3 is 4.74 Å². The van der Waals surface area contributed by atoms with E-state index in [9.17, 15) is 19.3 Å². The van der Waals surface area contributed by atoms with Gasteiger partial charge in [0.15, 0.2) is 6.04 Å². The molecule has 0 heterocycles. The van der Waals surface area contributed by atoms with Crippen molar-refractivity contribution in [1.29, 1.82) is 0 Å². The van der Waals surface area contributed by atoms with Crippen LogP contribution in [0.1, 0.15) is 17.0 Å². The smallest absolute Gasteiger partial charge is 0.331 e. The molecule has 6 nitrogen and oxygen atoms in total. The van der Waals surface area contributed by atoms with Crippen molar-refractivity contribution in [2.45, 2.75) is 12.0 Å². The lowest BCUT2D eigenvalue weighted by Crippen LogP contribution is -2.32. The molecule has 0 aromatic heterocycles. The third-order valence-corrected chi connectivity index (χ3v) is 3.65. The summed E-state index contributed by atoms with van der Waals surface area (Å²) in [5, 5.41) is 11.1. The molecule has 0 spiro atoms. The van der Waals surface area contributed by atoms with Crippen molar-refractivity contribution < 1.29 is 18.8 Å². The second-order valence-corrected chi connectivity index (χ2v) is 5.33. The topological polar surface area (TPSA) is 81.8 Å². The van der Waals surface area contributed by atoms with Crippen LogP contribution in [0.5, 0.6) is 0 Å². The second kappa shape index (κ2) is 8.68. The van der Waals surface area contributed by atoms with Gasteiger partial charge in [0, 0.05) is 11.1 Å².